The van der Waals surface area contributed by atoms with Crippen molar-refractivity contribution >= 4 is 17.2 Å². The number of carbonyl (C=O) groups is 1. The summed E-state index contributed by atoms with van der Waals surface area (Å²) in [6, 6.07) is 3.67. The summed E-state index contributed by atoms with van der Waals surface area (Å²) in [7, 11) is 0. The second-order valence-corrected chi connectivity index (χ2v) is 5.09. The highest BCUT2D eigenvalue weighted by Gasteiger charge is 2.13. The first-order chi connectivity index (χ1) is 9.11. The highest BCUT2D eigenvalue weighted by atomic mass is 32.1. The molecule has 0 aliphatic carbocycles. The van der Waals surface area contributed by atoms with Crippen LogP contribution in [0.2, 0.25) is 0 Å². The molecule has 0 saturated carbocycles. The van der Waals surface area contributed by atoms with Gasteiger partial charge in [0.25, 0.3) is 0 Å². The van der Waals surface area contributed by atoms with Crippen LogP contribution in [-0.4, -0.2) is 31.7 Å². The van der Waals surface area contributed by atoms with E-state index in [9.17, 15) is 9.59 Å². The van der Waals surface area contributed by atoms with Gasteiger partial charge in [0.15, 0.2) is 0 Å². The van der Waals surface area contributed by atoms with Crippen molar-refractivity contribution in [2.75, 3.05) is 0 Å². The monoisotopic (exact) mass is 281 g/mol. The number of carbonyl (C=O) groups excluding carboxylic acids is 1. The molecule has 0 radical (unpaired) electrons. The number of hydrogen-bond acceptors (Lipinski definition) is 5. The zero-order valence-electron chi connectivity index (χ0n) is 10.7. The minimum atomic E-state index is -0.415. The first-order valence-corrected chi connectivity index (χ1v) is 6.86. The van der Waals surface area contributed by atoms with Crippen LogP contribution in [0.25, 0.3) is 5.00 Å². The molecular weight excluding hydrogens is 266 g/mol. The molecule has 0 bridgehead atoms. The quantitative estimate of drug-likeness (QED) is 0.860. The number of nitrogens with one attached hydrogen (secondary N) is 1. The molecule has 8 heteroatoms. The number of nitrogens with zero attached hydrogens (tertiary/aromatic N) is 4. The van der Waals surface area contributed by atoms with E-state index in [1.54, 1.807) is 6.07 Å². The standard InChI is InChI=1S/C11H15N5O2S/c1-3-8(2)12-9(17)7-15-11(18)16(14-13-15)10-5-4-6-19-10/h4-6,8H,3,7H2,1-2H3,(H,12,17)/t8-/m1/s1. The van der Waals surface area contributed by atoms with Crippen LogP contribution in [0.1, 0.15) is 20.3 Å². The van der Waals surface area contributed by atoms with Gasteiger partial charge in [-0.2, -0.15) is 9.36 Å². The molecule has 19 heavy (non-hydrogen) atoms. The molecule has 0 fully saturated rings. The summed E-state index contributed by atoms with van der Waals surface area (Å²) in [5.41, 5.74) is -0.415. The van der Waals surface area contributed by atoms with Crippen LogP contribution in [0, 0.1) is 0 Å². The Hall–Kier alpha value is -1.96. The van der Waals surface area contributed by atoms with E-state index in [4.69, 9.17) is 0 Å². The lowest BCUT2D eigenvalue weighted by molar-refractivity contribution is -0.122. The molecule has 102 valence electrons. The Bertz CT molecular complexity index is 601. The summed E-state index contributed by atoms with van der Waals surface area (Å²) in [6.07, 6.45) is 0.836. The zero-order valence-corrected chi connectivity index (χ0v) is 11.6. The first-order valence-electron chi connectivity index (χ1n) is 5.98. The molecule has 2 heterocycles. The zero-order chi connectivity index (χ0) is 13.8. The Morgan fingerprint density at radius 2 is 2.32 bits per heavy atom. The molecule has 0 spiro atoms. The van der Waals surface area contributed by atoms with E-state index in [2.05, 4.69) is 15.7 Å². The van der Waals surface area contributed by atoms with E-state index in [0.717, 1.165) is 11.1 Å². The summed E-state index contributed by atoms with van der Waals surface area (Å²) in [4.78, 5) is 23.7. The van der Waals surface area contributed by atoms with E-state index in [1.807, 2.05) is 25.3 Å². The van der Waals surface area contributed by atoms with Crippen molar-refractivity contribution in [1.29, 1.82) is 0 Å². The maximum Gasteiger partial charge on any atom is 0.369 e. The Labute approximate surface area is 113 Å². The van der Waals surface area contributed by atoms with E-state index in [0.29, 0.717) is 5.00 Å². The Balaban J connectivity index is 2.11. The van der Waals surface area contributed by atoms with Crippen LogP contribution < -0.4 is 11.0 Å². The Morgan fingerprint density at radius 3 is 2.95 bits per heavy atom. The summed E-state index contributed by atoms with van der Waals surface area (Å²) < 4.78 is 2.23. The maximum absolute atomic E-state index is 12.0. The number of hydrogen-bond donors (Lipinski definition) is 1. The van der Waals surface area contributed by atoms with Gasteiger partial charge in [0, 0.05) is 6.04 Å². The second-order valence-electron chi connectivity index (χ2n) is 4.16. The van der Waals surface area contributed by atoms with Crippen LogP contribution in [0.4, 0.5) is 0 Å². The molecule has 1 amide bonds. The lowest BCUT2D eigenvalue weighted by Crippen LogP contribution is -2.37. The lowest BCUT2D eigenvalue weighted by atomic mass is 10.2. The lowest BCUT2D eigenvalue weighted by Gasteiger charge is -2.10. The molecule has 2 aromatic rings. The van der Waals surface area contributed by atoms with Gasteiger partial charge in [0.05, 0.1) is 0 Å². The number of aromatic nitrogens is 4. The van der Waals surface area contributed by atoms with Crippen LogP contribution in [0.3, 0.4) is 0 Å². The predicted molar refractivity (Wildman–Crippen MR) is 71.4 cm³/mol. The number of amides is 1. The highest BCUT2D eigenvalue weighted by molar-refractivity contribution is 7.12. The largest absolute Gasteiger partial charge is 0.369 e. The van der Waals surface area contributed by atoms with Gasteiger partial charge in [0.2, 0.25) is 5.91 Å². The van der Waals surface area contributed by atoms with E-state index >= 15 is 0 Å². The Kier molecular flexibility index (Phi) is 4.10. The van der Waals surface area contributed by atoms with Crippen LogP contribution >= 0.6 is 11.3 Å². The molecule has 0 saturated heterocycles. The third-order valence-electron chi connectivity index (χ3n) is 2.67. The molecule has 7 nitrogen and oxygen atoms in total. The molecule has 0 aromatic carbocycles. The minimum Gasteiger partial charge on any atom is -0.352 e. The smallest absolute Gasteiger partial charge is 0.352 e. The minimum absolute atomic E-state index is 0.0792. The van der Waals surface area contributed by atoms with Gasteiger partial charge in [-0.1, -0.05) is 6.92 Å². The summed E-state index contributed by atoms with van der Waals surface area (Å²) in [5.74, 6) is -0.241. The highest BCUT2D eigenvalue weighted by Crippen LogP contribution is 2.10. The molecule has 0 aliphatic heterocycles. The third-order valence-corrected chi connectivity index (χ3v) is 3.51. The first kappa shape index (κ1) is 13.5. The van der Waals surface area contributed by atoms with Crippen molar-refractivity contribution < 1.29 is 4.79 Å². The van der Waals surface area contributed by atoms with Crippen molar-refractivity contribution in [3.05, 3.63) is 28.0 Å². The molecule has 2 rings (SSSR count). The molecule has 0 aliphatic rings. The fourth-order valence-corrected chi connectivity index (χ4v) is 2.13. The van der Waals surface area contributed by atoms with Crippen molar-refractivity contribution in [2.24, 2.45) is 0 Å². The van der Waals surface area contributed by atoms with Crippen molar-refractivity contribution in [3.8, 4) is 5.00 Å². The van der Waals surface area contributed by atoms with Crippen LogP contribution in [0.5, 0.6) is 0 Å². The molecular formula is C11H15N5O2S. The van der Waals surface area contributed by atoms with Crippen molar-refractivity contribution in [1.82, 2.24) is 25.1 Å². The number of tetrazole rings is 1. The van der Waals surface area contributed by atoms with Crippen molar-refractivity contribution in [3.63, 3.8) is 0 Å². The predicted octanol–water partition coefficient (Wildman–Crippen LogP) is 0.405. The van der Waals surface area contributed by atoms with Gasteiger partial charge in [-0.25, -0.2) is 4.79 Å². The fraction of sp³-hybridized carbons (Fsp3) is 0.455. The van der Waals surface area contributed by atoms with Crippen LogP contribution in [-0.2, 0) is 11.3 Å². The third kappa shape index (κ3) is 3.08. The van der Waals surface area contributed by atoms with Crippen LogP contribution in [0.15, 0.2) is 22.3 Å². The SMILES string of the molecule is CC[C@@H](C)NC(=O)Cn1nnn(-c2cccs2)c1=O. The fourth-order valence-electron chi connectivity index (χ4n) is 1.46. The maximum atomic E-state index is 12.0. The van der Waals surface area contributed by atoms with Gasteiger partial charge in [-0.15, -0.1) is 11.3 Å². The second kappa shape index (κ2) is 5.79. The van der Waals surface area contributed by atoms with Gasteiger partial charge in [-0.3, -0.25) is 4.79 Å². The number of thiophene rings is 1. The topological polar surface area (TPSA) is 81.8 Å². The summed E-state index contributed by atoms with van der Waals surface area (Å²) in [6.45, 7) is 3.77. The molecule has 0 unspecified atom stereocenters. The molecule has 1 atom stereocenters. The van der Waals surface area contributed by atoms with Gasteiger partial charge >= 0.3 is 5.69 Å². The van der Waals surface area contributed by atoms with Gasteiger partial charge in [0.1, 0.15) is 11.5 Å². The average molecular weight is 281 g/mol. The Morgan fingerprint density at radius 1 is 1.53 bits per heavy atom. The van der Waals surface area contributed by atoms with Gasteiger partial charge < -0.3 is 5.32 Å². The van der Waals surface area contributed by atoms with Crippen molar-refractivity contribution in [2.45, 2.75) is 32.9 Å². The van der Waals surface area contributed by atoms with E-state index in [-0.39, 0.29) is 18.5 Å². The average Bonchev–Trinajstić information content (AvgIpc) is 3.00. The molecule has 2 aromatic heterocycles. The van der Waals surface area contributed by atoms with E-state index in [1.165, 1.54) is 16.0 Å². The number of rotatable bonds is 5. The normalized spacial score (nSPS) is 12.3. The van der Waals surface area contributed by atoms with Gasteiger partial charge in [-0.05, 0) is 41.3 Å². The molecule has 1 N–H and O–H groups in total. The summed E-state index contributed by atoms with van der Waals surface area (Å²) >= 11 is 1.38. The van der Waals surface area contributed by atoms with E-state index < -0.39 is 5.69 Å². The summed E-state index contributed by atoms with van der Waals surface area (Å²) in [5, 5.41) is 12.8.